The maximum atomic E-state index is 12.9. The van der Waals surface area contributed by atoms with Crippen LogP contribution in [-0.4, -0.2) is 37.6 Å². The lowest BCUT2D eigenvalue weighted by atomic mass is 9.81. The van der Waals surface area contributed by atoms with Gasteiger partial charge in [-0.2, -0.15) is 0 Å². The molecule has 0 bridgehead atoms. The molecule has 1 rings (SSSR count). The van der Waals surface area contributed by atoms with E-state index in [2.05, 4.69) is 6.07 Å². The van der Waals surface area contributed by atoms with Crippen molar-refractivity contribution in [1.29, 1.82) is 0 Å². The lowest BCUT2D eigenvalue weighted by molar-refractivity contribution is -0.143. The van der Waals surface area contributed by atoms with Gasteiger partial charge in [0.2, 0.25) is 5.91 Å². The van der Waals surface area contributed by atoms with E-state index in [9.17, 15) is 4.79 Å². The molecule has 2 N–H and O–H groups in total. The molecule has 0 spiro atoms. The highest BCUT2D eigenvalue weighted by molar-refractivity contribution is 7.09. The Morgan fingerprint density at radius 1 is 1.45 bits per heavy atom. The van der Waals surface area contributed by atoms with Crippen LogP contribution in [0.25, 0.3) is 0 Å². The van der Waals surface area contributed by atoms with Crippen molar-refractivity contribution in [2.75, 3.05) is 26.8 Å². The third kappa shape index (κ3) is 4.04. The molecule has 1 heterocycles. The summed E-state index contributed by atoms with van der Waals surface area (Å²) in [5.41, 5.74) is 5.45. The largest absolute Gasteiger partial charge is 0.383 e. The molecular weight excluding hydrogens is 272 g/mol. The number of carbonyl (C=O) groups excluding carboxylic acids is 1. The molecule has 0 unspecified atom stereocenters. The summed E-state index contributed by atoms with van der Waals surface area (Å²) in [6.45, 7) is 6.26. The number of hydrogen-bond acceptors (Lipinski definition) is 4. The second-order valence-corrected chi connectivity index (χ2v) is 6.02. The zero-order valence-electron chi connectivity index (χ0n) is 12.7. The number of nitrogens with two attached hydrogens (primary N) is 1. The molecule has 0 saturated heterocycles. The summed E-state index contributed by atoms with van der Waals surface area (Å²) in [7, 11) is 1.66. The minimum Gasteiger partial charge on any atom is -0.383 e. The summed E-state index contributed by atoms with van der Waals surface area (Å²) in [5, 5.41) is 2.03. The van der Waals surface area contributed by atoms with Gasteiger partial charge in [-0.05, 0) is 24.3 Å². The van der Waals surface area contributed by atoms with Crippen molar-refractivity contribution in [2.24, 2.45) is 11.1 Å². The smallest absolute Gasteiger partial charge is 0.230 e. The van der Waals surface area contributed by atoms with Crippen molar-refractivity contribution < 1.29 is 9.53 Å². The van der Waals surface area contributed by atoms with Gasteiger partial charge < -0.3 is 15.4 Å². The van der Waals surface area contributed by atoms with Crippen LogP contribution in [0.2, 0.25) is 0 Å². The number of carbonyl (C=O) groups is 1. The molecule has 1 aromatic rings. The normalized spacial score (nSPS) is 11.6. The van der Waals surface area contributed by atoms with E-state index in [0.29, 0.717) is 26.2 Å². The molecule has 1 amide bonds. The fourth-order valence-corrected chi connectivity index (χ4v) is 3.03. The molecule has 0 radical (unpaired) electrons. The number of amides is 1. The maximum Gasteiger partial charge on any atom is 0.230 e. The number of thiophene rings is 1. The number of ether oxygens (including phenoxy) is 1. The standard InChI is InChI=1S/C15H26N2O2S/c1-4-15(5-2,12-16)14(18)17(8-9-19-3)11-13-7-6-10-20-13/h6-7,10H,4-5,8-9,11-12,16H2,1-3H3. The SMILES string of the molecule is CCC(CC)(CN)C(=O)N(CCOC)Cc1cccs1. The van der Waals surface area contributed by atoms with Crippen LogP contribution in [0.4, 0.5) is 0 Å². The molecule has 1 aromatic heterocycles. The van der Waals surface area contributed by atoms with Gasteiger partial charge in [0.25, 0.3) is 0 Å². The summed E-state index contributed by atoms with van der Waals surface area (Å²) < 4.78 is 5.13. The summed E-state index contributed by atoms with van der Waals surface area (Å²) in [6, 6.07) is 4.06. The van der Waals surface area contributed by atoms with Crippen LogP contribution < -0.4 is 5.73 Å². The van der Waals surface area contributed by atoms with Crippen molar-refractivity contribution in [3.8, 4) is 0 Å². The Kier molecular flexibility index (Phi) is 7.19. The molecule has 0 fully saturated rings. The summed E-state index contributed by atoms with van der Waals surface area (Å²) in [6.07, 6.45) is 1.54. The van der Waals surface area contributed by atoms with Crippen molar-refractivity contribution in [3.63, 3.8) is 0 Å². The Morgan fingerprint density at radius 2 is 2.15 bits per heavy atom. The highest BCUT2D eigenvalue weighted by Gasteiger charge is 2.36. The van der Waals surface area contributed by atoms with E-state index in [-0.39, 0.29) is 5.91 Å². The topological polar surface area (TPSA) is 55.6 Å². The lowest BCUT2D eigenvalue weighted by Crippen LogP contribution is -2.48. The second kappa shape index (κ2) is 8.39. The van der Waals surface area contributed by atoms with Gasteiger partial charge in [-0.25, -0.2) is 0 Å². The third-order valence-corrected chi connectivity index (χ3v) is 4.84. The van der Waals surface area contributed by atoms with Crippen molar-refractivity contribution in [1.82, 2.24) is 4.90 Å². The van der Waals surface area contributed by atoms with Gasteiger partial charge in [0.15, 0.2) is 0 Å². The first-order valence-electron chi connectivity index (χ1n) is 7.14. The summed E-state index contributed by atoms with van der Waals surface area (Å²) >= 11 is 1.67. The number of rotatable bonds is 9. The van der Waals surface area contributed by atoms with Crippen LogP contribution >= 0.6 is 11.3 Å². The first kappa shape index (κ1) is 17.1. The van der Waals surface area contributed by atoms with Crippen molar-refractivity contribution >= 4 is 17.2 Å². The Labute approximate surface area is 125 Å². The Hall–Kier alpha value is -0.910. The van der Waals surface area contributed by atoms with E-state index in [4.69, 9.17) is 10.5 Å². The average Bonchev–Trinajstić information content (AvgIpc) is 2.98. The molecule has 0 saturated carbocycles. The van der Waals surface area contributed by atoms with Crippen LogP contribution in [0.15, 0.2) is 17.5 Å². The van der Waals surface area contributed by atoms with Crippen LogP contribution in [-0.2, 0) is 16.1 Å². The number of nitrogens with zero attached hydrogens (tertiary/aromatic N) is 1. The Morgan fingerprint density at radius 3 is 2.60 bits per heavy atom. The number of methoxy groups -OCH3 is 1. The van der Waals surface area contributed by atoms with Gasteiger partial charge >= 0.3 is 0 Å². The molecule has 4 nitrogen and oxygen atoms in total. The van der Waals surface area contributed by atoms with Crippen LogP contribution in [0.5, 0.6) is 0 Å². The highest BCUT2D eigenvalue weighted by atomic mass is 32.1. The minimum atomic E-state index is -0.439. The van der Waals surface area contributed by atoms with Gasteiger partial charge in [-0.1, -0.05) is 19.9 Å². The molecular formula is C15H26N2O2S. The first-order chi connectivity index (χ1) is 9.63. The molecule has 0 aromatic carbocycles. The van der Waals surface area contributed by atoms with Gasteiger partial charge in [0.05, 0.1) is 18.6 Å². The van der Waals surface area contributed by atoms with E-state index in [1.54, 1.807) is 18.4 Å². The summed E-state index contributed by atoms with van der Waals surface area (Å²) in [4.78, 5) is 16.0. The van der Waals surface area contributed by atoms with Crippen molar-refractivity contribution in [2.45, 2.75) is 33.2 Å². The van der Waals surface area contributed by atoms with Gasteiger partial charge in [0, 0.05) is 25.1 Å². The zero-order valence-corrected chi connectivity index (χ0v) is 13.5. The van der Waals surface area contributed by atoms with Gasteiger partial charge in [0.1, 0.15) is 0 Å². The van der Waals surface area contributed by atoms with Crippen LogP contribution in [0.1, 0.15) is 31.6 Å². The quantitative estimate of drug-likeness (QED) is 0.762. The average molecular weight is 298 g/mol. The van der Waals surface area contributed by atoms with E-state index in [1.807, 2.05) is 30.2 Å². The Balaban J connectivity index is 2.87. The molecule has 0 atom stereocenters. The van der Waals surface area contributed by atoms with E-state index in [1.165, 1.54) is 4.88 Å². The van der Waals surface area contributed by atoms with Gasteiger partial charge in [-0.15, -0.1) is 11.3 Å². The number of hydrogen-bond donors (Lipinski definition) is 1. The van der Waals surface area contributed by atoms with E-state index < -0.39 is 5.41 Å². The van der Waals surface area contributed by atoms with Crippen molar-refractivity contribution in [3.05, 3.63) is 22.4 Å². The first-order valence-corrected chi connectivity index (χ1v) is 8.02. The van der Waals surface area contributed by atoms with Gasteiger partial charge in [-0.3, -0.25) is 4.79 Å². The zero-order chi connectivity index (χ0) is 15.0. The fourth-order valence-electron chi connectivity index (χ4n) is 2.31. The monoisotopic (exact) mass is 298 g/mol. The molecule has 0 aliphatic rings. The van der Waals surface area contributed by atoms with Crippen LogP contribution in [0, 0.1) is 5.41 Å². The fraction of sp³-hybridized carbons (Fsp3) is 0.667. The highest BCUT2D eigenvalue weighted by Crippen LogP contribution is 2.28. The predicted octanol–water partition coefficient (Wildman–Crippen LogP) is 2.49. The second-order valence-electron chi connectivity index (χ2n) is 4.99. The molecule has 114 valence electrons. The van der Waals surface area contributed by atoms with Crippen LogP contribution in [0.3, 0.4) is 0 Å². The third-order valence-electron chi connectivity index (χ3n) is 3.98. The molecule has 0 aliphatic carbocycles. The lowest BCUT2D eigenvalue weighted by Gasteiger charge is -2.35. The van der Waals surface area contributed by atoms with E-state index >= 15 is 0 Å². The molecule has 20 heavy (non-hydrogen) atoms. The molecule has 5 heteroatoms. The minimum absolute atomic E-state index is 0.149. The maximum absolute atomic E-state index is 12.9. The summed E-state index contributed by atoms with van der Waals surface area (Å²) in [5.74, 6) is 0.149. The Bertz CT molecular complexity index is 380. The predicted molar refractivity (Wildman–Crippen MR) is 83.7 cm³/mol. The molecule has 0 aliphatic heterocycles. The van der Waals surface area contributed by atoms with E-state index in [0.717, 1.165) is 12.8 Å².